The third-order valence-electron chi connectivity index (χ3n) is 6.61. The average Bonchev–Trinajstić information content (AvgIpc) is 2.90. The van der Waals surface area contributed by atoms with Crippen molar-refractivity contribution >= 4 is 28.4 Å². The van der Waals surface area contributed by atoms with Crippen molar-refractivity contribution in [3.05, 3.63) is 60.2 Å². The van der Waals surface area contributed by atoms with Crippen LogP contribution in [-0.2, 0) is 4.79 Å². The van der Waals surface area contributed by atoms with Crippen LogP contribution in [0.25, 0.3) is 22.2 Å². The van der Waals surface area contributed by atoms with Crippen molar-refractivity contribution in [2.75, 3.05) is 52.1 Å². The van der Waals surface area contributed by atoms with Crippen LogP contribution in [0, 0.1) is 0 Å². The van der Waals surface area contributed by atoms with Gasteiger partial charge in [0, 0.05) is 30.5 Å². The molecule has 2 aromatic carbocycles. The van der Waals surface area contributed by atoms with Gasteiger partial charge in [0.25, 0.3) is 5.91 Å². The number of hydrogen-bond donors (Lipinski definition) is 2. The lowest BCUT2D eigenvalue weighted by Crippen LogP contribution is -2.32. The minimum Gasteiger partial charge on any atom is -0.352 e. The molecule has 0 bridgehead atoms. The van der Waals surface area contributed by atoms with Crippen LogP contribution in [0.2, 0.25) is 0 Å². The molecular weight excluding hydrogens is 450 g/mol. The summed E-state index contributed by atoms with van der Waals surface area (Å²) >= 11 is 0. The van der Waals surface area contributed by atoms with Crippen LogP contribution in [0.1, 0.15) is 42.5 Å². The zero-order valence-electron chi connectivity index (χ0n) is 21.4. The number of nitrogens with one attached hydrogen (secondary N) is 2. The van der Waals surface area contributed by atoms with Gasteiger partial charge in [0.1, 0.15) is 0 Å². The fourth-order valence-electron chi connectivity index (χ4n) is 4.66. The Morgan fingerprint density at radius 1 is 1.00 bits per heavy atom. The van der Waals surface area contributed by atoms with E-state index in [4.69, 9.17) is 4.98 Å². The molecule has 2 heterocycles. The van der Waals surface area contributed by atoms with Crippen LogP contribution < -0.4 is 10.6 Å². The van der Waals surface area contributed by atoms with Gasteiger partial charge in [-0.25, -0.2) is 4.98 Å². The van der Waals surface area contributed by atoms with Crippen molar-refractivity contribution in [3.8, 4) is 11.3 Å². The van der Waals surface area contributed by atoms with Crippen molar-refractivity contribution in [3.63, 3.8) is 0 Å². The number of carbonyl (C=O) groups is 2. The predicted octanol–water partition coefficient (Wildman–Crippen LogP) is 4.40. The summed E-state index contributed by atoms with van der Waals surface area (Å²) in [6, 6.07) is 17.2. The first-order chi connectivity index (χ1) is 17.5. The number of pyridine rings is 1. The Bertz CT molecular complexity index is 1190. The van der Waals surface area contributed by atoms with Crippen LogP contribution in [0.4, 0.5) is 5.69 Å². The van der Waals surface area contributed by atoms with E-state index in [1.165, 1.54) is 19.3 Å². The summed E-state index contributed by atoms with van der Waals surface area (Å²) in [5, 5.41) is 6.95. The number of rotatable bonds is 10. The Morgan fingerprint density at radius 2 is 1.75 bits per heavy atom. The Hall–Kier alpha value is -3.29. The Balaban J connectivity index is 1.54. The second kappa shape index (κ2) is 12.6. The largest absolute Gasteiger partial charge is 0.352 e. The molecule has 7 nitrogen and oxygen atoms in total. The topological polar surface area (TPSA) is 77.6 Å². The zero-order chi connectivity index (χ0) is 25.3. The molecule has 36 heavy (non-hydrogen) atoms. The van der Waals surface area contributed by atoms with Gasteiger partial charge in [-0.05, 0) is 71.2 Å². The predicted molar refractivity (Wildman–Crippen MR) is 146 cm³/mol. The highest BCUT2D eigenvalue weighted by Crippen LogP contribution is 2.30. The number of likely N-dealkylation sites (tertiary alicyclic amines) is 1. The molecular formula is C29H37N5O2. The fourth-order valence-corrected chi connectivity index (χ4v) is 4.66. The fraction of sp³-hybridized carbons (Fsp3) is 0.414. The second-order valence-electron chi connectivity index (χ2n) is 9.73. The zero-order valence-corrected chi connectivity index (χ0v) is 21.4. The van der Waals surface area contributed by atoms with Gasteiger partial charge in [0.15, 0.2) is 0 Å². The standard InChI is InChI=1S/C29H37N5O2/c1-33(2)17-10-16-30-29(36)24-21-27(31-25-13-6-4-11-22(24)25)23-12-5-7-14-26(23)32-28(35)15-20-34-18-8-3-9-19-34/h4-7,11-14,21H,3,8-10,15-20H2,1-2H3,(H,30,36)(H,32,35). The molecule has 7 heteroatoms. The van der Waals surface area contributed by atoms with E-state index in [1.807, 2.05) is 68.7 Å². The number of anilines is 1. The SMILES string of the molecule is CN(C)CCCNC(=O)c1cc(-c2ccccc2NC(=O)CCN2CCCCC2)nc2ccccc12. The van der Waals surface area contributed by atoms with Gasteiger partial charge in [-0.3, -0.25) is 9.59 Å². The first kappa shape index (κ1) is 25.8. The number of amides is 2. The van der Waals surface area contributed by atoms with E-state index < -0.39 is 0 Å². The maximum absolute atomic E-state index is 13.2. The minimum absolute atomic E-state index is 0.00679. The molecule has 190 valence electrons. The van der Waals surface area contributed by atoms with E-state index in [-0.39, 0.29) is 11.8 Å². The molecule has 2 amide bonds. The molecule has 1 aliphatic rings. The average molecular weight is 488 g/mol. The number of para-hydroxylation sites is 2. The van der Waals surface area contributed by atoms with Crippen molar-refractivity contribution < 1.29 is 9.59 Å². The van der Waals surface area contributed by atoms with Crippen LogP contribution in [0.5, 0.6) is 0 Å². The number of carbonyl (C=O) groups excluding carboxylic acids is 2. The Morgan fingerprint density at radius 3 is 2.56 bits per heavy atom. The lowest BCUT2D eigenvalue weighted by atomic mass is 10.0. The summed E-state index contributed by atoms with van der Waals surface area (Å²) < 4.78 is 0. The van der Waals surface area contributed by atoms with Gasteiger partial charge in [-0.1, -0.05) is 42.8 Å². The molecule has 0 radical (unpaired) electrons. The summed E-state index contributed by atoms with van der Waals surface area (Å²) in [4.78, 5) is 35.3. The summed E-state index contributed by atoms with van der Waals surface area (Å²) in [5.41, 5.74) is 3.52. The maximum atomic E-state index is 13.2. The third kappa shape index (κ3) is 6.89. The summed E-state index contributed by atoms with van der Waals surface area (Å²) in [6.45, 7) is 4.44. The summed E-state index contributed by atoms with van der Waals surface area (Å²) in [7, 11) is 4.04. The van der Waals surface area contributed by atoms with E-state index in [0.29, 0.717) is 29.9 Å². The molecule has 1 saturated heterocycles. The van der Waals surface area contributed by atoms with Crippen molar-refractivity contribution in [1.82, 2.24) is 20.1 Å². The van der Waals surface area contributed by atoms with Crippen molar-refractivity contribution in [2.45, 2.75) is 32.1 Å². The van der Waals surface area contributed by atoms with Gasteiger partial charge in [0.05, 0.1) is 22.5 Å². The molecule has 4 rings (SSSR count). The van der Waals surface area contributed by atoms with Gasteiger partial charge in [0.2, 0.25) is 5.91 Å². The number of aromatic nitrogens is 1. The highest BCUT2D eigenvalue weighted by molar-refractivity contribution is 6.07. The highest BCUT2D eigenvalue weighted by Gasteiger charge is 2.17. The lowest BCUT2D eigenvalue weighted by Gasteiger charge is -2.26. The van der Waals surface area contributed by atoms with Crippen molar-refractivity contribution in [1.29, 1.82) is 0 Å². The molecule has 0 atom stereocenters. The molecule has 0 unspecified atom stereocenters. The van der Waals surface area contributed by atoms with Crippen LogP contribution >= 0.6 is 0 Å². The first-order valence-electron chi connectivity index (χ1n) is 13.0. The second-order valence-corrected chi connectivity index (χ2v) is 9.73. The molecule has 1 fully saturated rings. The van der Waals surface area contributed by atoms with Gasteiger partial charge < -0.3 is 20.4 Å². The minimum atomic E-state index is -0.114. The number of fused-ring (bicyclic) bond motifs is 1. The van der Waals surface area contributed by atoms with Gasteiger partial charge in [-0.2, -0.15) is 0 Å². The number of benzene rings is 2. The number of piperidine rings is 1. The molecule has 2 N–H and O–H groups in total. The van der Waals surface area contributed by atoms with Crippen LogP contribution in [0.15, 0.2) is 54.6 Å². The molecule has 0 spiro atoms. The van der Waals surface area contributed by atoms with E-state index >= 15 is 0 Å². The van der Waals surface area contributed by atoms with E-state index in [9.17, 15) is 9.59 Å². The molecule has 0 aliphatic carbocycles. The maximum Gasteiger partial charge on any atom is 0.252 e. The van der Waals surface area contributed by atoms with Crippen LogP contribution in [0.3, 0.4) is 0 Å². The van der Waals surface area contributed by atoms with Gasteiger partial charge >= 0.3 is 0 Å². The van der Waals surface area contributed by atoms with Gasteiger partial charge in [-0.15, -0.1) is 0 Å². The van der Waals surface area contributed by atoms with Crippen LogP contribution in [-0.4, -0.2) is 73.4 Å². The van der Waals surface area contributed by atoms with E-state index in [0.717, 1.165) is 49.1 Å². The number of nitrogens with zero attached hydrogens (tertiary/aromatic N) is 3. The molecule has 1 aliphatic heterocycles. The van der Waals surface area contributed by atoms with Crippen molar-refractivity contribution in [2.24, 2.45) is 0 Å². The quantitative estimate of drug-likeness (QED) is 0.415. The molecule has 0 saturated carbocycles. The third-order valence-corrected chi connectivity index (χ3v) is 6.61. The number of hydrogen-bond acceptors (Lipinski definition) is 5. The monoisotopic (exact) mass is 487 g/mol. The smallest absolute Gasteiger partial charge is 0.252 e. The normalized spacial score (nSPS) is 14.2. The lowest BCUT2D eigenvalue weighted by molar-refractivity contribution is -0.116. The summed E-state index contributed by atoms with van der Waals surface area (Å²) in [6.07, 6.45) is 5.04. The van der Waals surface area contributed by atoms with E-state index in [1.54, 1.807) is 0 Å². The molecule has 3 aromatic rings. The van der Waals surface area contributed by atoms with E-state index in [2.05, 4.69) is 20.4 Å². The summed E-state index contributed by atoms with van der Waals surface area (Å²) in [5.74, 6) is -0.121. The highest BCUT2D eigenvalue weighted by atomic mass is 16.2. The first-order valence-corrected chi connectivity index (χ1v) is 13.0. The Kier molecular flexibility index (Phi) is 9.03. The molecule has 1 aromatic heterocycles. The Labute approximate surface area is 213 Å².